The summed E-state index contributed by atoms with van der Waals surface area (Å²) in [4.78, 5) is 27.1. The Labute approximate surface area is 171 Å². The van der Waals surface area contributed by atoms with Crippen LogP contribution >= 0.6 is 0 Å². The predicted octanol–water partition coefficient (Wildman–Crippen LogP) is 2.61. The smallest absolute Gasteiger partial charge is 0.317 e. The lowest BCUT2D eigenvalue weighted by Crippen LogP contribution is -2.47. The number of amides is 1. The van der Waals surface area contributed by atoms with Crippen LogP contribution in [-0.4, -0.2) is 55.9 Å². The molecule has 0 radical (unpaired) electrons. The van der Waals surface area contributed by atoms with Gasteiger partial charge in [-0.05, 0) is 43.4 Å². The molecule has 1 aliphatic carbocycles. The number of nitrogens with zero attached hydrogens (tertiary/aromatic N) is 1. The van der Waals surface area contributed by atoms with Gasteiger partial charge in [0.15, 0.2) is 16.4 Å². The fraction of sp³-hybridized carbons (Fsp3) is 0.619. The zero-order chi connectivity index (χ0) is 21.1. The molecule has 0 N–H and O–H groups in total. The van der Waals surface area contributed by atoms with Crippen molar-refractivity contribution in [3.63, 3.8) is 0 Å². The number of ether oxygens (including phenoxy) is 1. The van der Waals surface area contributed by atoms with E-state index in [1.807, 2.05) is 6.92 Å². The van der Waals surface area contributed by atoms with Crippen LogP contribution < -0.4 is 0 Å². The summed E-state index contributed by atoms with van der Waals surface area (Å²) in [5.41, 5.74) is -0.119. The quantitative estimate of drug-likeness (QED) is 0.598. The van der Waals surface area contributed by atoms with Crippen LogP contribution in [0.5, 0.6) is 0 Å². The van der Waals surface area contributed by atoms with Crippen LogP contribution in [0.3, 0.4) is 0 Å². The second-order valence-electron chi connectivity index (χ2n) is 8.02. The average molecular weight is 426 g/mol. The molecule has 1 aromatic rings. The Morgan fingerprint density at radius 2 is 1.93 bits per heavy atom. The molecule has 3 rings (SSSR count). The number of sulfone groups is 1. The molecule has 1 saturated carbocycles. The van der Waals surface area contributed by atoms with E-state index in [1.165, 1.54) is 12.1 Å². The highest BCUT2D eigenvalue weighted by Crippen LogP contribution is 2.44. The predicted molar refractivity (Wildman–Crippen MR) is 107 cm³/mol. The van der Waals surface area contributed by atoms with Gasteiger partial charge in [0, 0.05) is 12.6 Å². The largest absolute Gasteiger partial charge is 0.455 e. The van der Waals surface area contributed by atoms with Gasteiger partial charge in [-0.3, -0.25) is 9.59 Å². The van der Waals surface area contributed by atoms with E-state index in [-0.39, 0.29) is 29.3 Å². The maximum atomic E-state index is 13.2. The van der Waals surface area contributed by atoms with Crippen LogP contribution in [0.1, 0.15) is 51.0 Å². The van der Waals surface area contributed by atoms with E-state index in [0.717, 1.165) is 19.3 Å². The highest BCUT2D eigenvalue weighted by atomic mass is 32.2. The van der Waals surface area contributed by atoms with Crippen molar-refractivity contribution in [3.05, 3.63) is 35.6 Å². The van der Waals surface area contributed by atoms with Gasteiger partial charge in [0.25, 0.3) is 5.91 Å². The molecule has 160 valence electrons. The van der Waals surface area contributed by atoms with Crippen LogP contribution in [0.2, 0.25) is 0 Å². The van der Waals surface area contributed by atoms with Gasteiger partial charge in [0.1, 0.15) is 5.82 Å². The van der Waals surface area contributed by atoms with E-state index < -0.39 is 27.8 Å². The number of carbonyl (C=O) groups excluding carboxylic acids is 2. The lowest BCUT2D eigenvalue weighted by atomic mass is 9.64. The zero-order valence-corrected chi connectivity index (χ0v) is 17.5. The molecule has 0 aromatic heterocycles. The van der Waals surface area contributed by atoms with Crippen molar-refractivity contribution in [2.45, 2.75) is 56.9 Å². The van der Waals surface area contributed by atoms with Gasteiger partial charge in [-0.25, -0.2) is 12.8 Å². The summed E-state index contributed by atoms with van der Waals surface area (Å²) >= 11 is 0. The topological polar surface area (TPSA) is 80.8 Å². The summed E-state index contributed by atoms with van der Waals surface area (Å²) in [6.07, 6.45) is 4.12. The Bertz CT molecular complexity index is 848. The Morgan fingerprint density at radius 1 is 1.24 bits per heavy atom. The van der Waals surface area contributed by atoms with E-state index in [1.54, 1.807) is 17.0 Å². The number of benzene rings is 1. The normalized spacial score (nSPS) is 21.9. The minimum absolute atomic E-state index is 0.0318. The van der Waals surface area contributed by atoms with Crippen molar-refractivity contribution in [2.24, 2.45) is 0 Å². The third kappa shape index (κ3) is 4.79. The van der Waals surface area contributed by atoms with Crippen molar-refractivity contribution in [3.8, 4) is 0 Å². The SMILES string of the molecule is CCCCN(C(=O)COC(=O)C1(c2ccc(F)cc2)CCC1)C1CCS(=O)(=O)C1. The standard InChI is InChI=1S/C21H28FNO5S/c1-2-3-12-23(18-9-13-29(26,27)15-18)19(24)14-28-20(25)21(10-4-11-21)16-5-7-17(22)8-6-16/h5-8,18H,2-4,9-15H2,1H3. The fourth-order valence-corrected chi connectivity index (χ4v) is 5.85. The van der Waals surface area contributed by atoms with Crippen molar-refractivity contribution >= 4 is 21.7 Å². The molecular weight excluding hydrogens is 397 g/mol. The molecule has 1 aliphatic heterocycles. The Balaban J connectivity index is 1.65. The van der Waals surface area contributed by atoms with E-state index in [4.69, 9.17) is 4.74 Å². The second kappa shape index (κ2) is 8.81. The number of hydrogen-bond acceptors (Lipinski definition) is 5. The van der Waals surface area contributed by atoms with E-state index in [9.17, 15) is 22.4 Å². The molecule has 1 amide bonds. The number of hydrogen-bond donors (Lipinski definition) is 0. The molecule has 1 unspecified atom stereocenters. The first-order chi connectivity index (χ1) is 13.8. The molecule has 8 heteroatoms. The van der Waals surface area contributed by atoms with Crippen LogP contribution in [0.25, 0.3) is 0 Å². The minimum atomic E-state index is -3.12. The van der Waals surface area contributed by atoms with E-state index in [0.29, 0.717) is 31.4 Å². The van der Waals surface area contributed by atoms with Crippen LogP contribution in [0, 0.1) is 5.82 Å². The summed E-state index contributed by atoms with van der Waals surface area (Å²) in [5.74, 6) is -1.15. The van der Waals surface area contributed by atoms with Crippen molar-refractivity contribution in [2.75, 3.05) is 24.7 Å². The van der Waals surface area contributed by atoms with Gasteiger partial charge in [0.05, 0.1) is 16.9 Å². The summed E-state index contributed by atoms with van der Waals surface area (Å²) in [6, 6.07) is 5.47. The Kier molecular flexibility index (Phi) is 6.61. The van der Waals surface area contributed by atoms with Gasteiger partial charge >= 0.3 is 5.97 Å². The minimum Gasteiger partial charge on any atom is -0.455 e. The monoisotopic (exact) mass is 425 g/mol. The average Bonchev–Trinajstić information content (AvgIpc) is 3.00. The van der Waals surface area contributed by atoms with Gasteiger partial charge in [-0.1, -0.05) is 31.9 Å². The lowest BCUT2D eigenvalue weighted by Gasteiger charge is -2.39. The molecule has 1 aromatic carbocycles. The Morgan fingerprint density at radius 3 is 2.45 bits per heavy atom. The van der Waals surface area contributed by atoms with Crippen molar-refractivity contribution < 1.29 is 27.1 Å². The zero-order valence-electron chi connectivity index (χ0n) is 16.7. The van der Waals surface area contributed by atoms with Gasteiger partial charge in [-0.2, -0.15) is 0 Å². The van der Waals surface area contributed by atoms with E-state index in [2.05, 4.69) is 0 Å². The molecule has 6 nitrogen and oxygen atoms in total. The molecule has 0 spiro atoms. The number of esters is 1. The molecule has 29 heavy (non-hydrogen) atoms. The second-order valence-corrected chi connectivity index (χ2v) is 10.2. The number of unbranched alkanes of at least 4 members (excludes halogenated alkanes) is 1. The third-order valence-corrected chi connectivity index (χ3v) is 7.79. The molecule has 1 atom stereocenters. The number of halogens is 1. The summed E-state index contributed by atoms with van der Waals surface area (Å²) in [7, 11) is -3.12. The maximum Gasteiger partial charge on any atom is 0.317 e. The highest BCUT2D eigenvalue weighted by molar-refractivity contribution is 7.91. The van der Waals surface area contributed by atoms with E-state index >= 15 is 0 Å². The molecule has 1 saturated heterocycles. The van der Waals surface area contributed by atoms with Crippen LogP contribution in [0.15, 0.2) is 24.3 Å². The fourth-order valence-electron chi connectivity index (χ4n) is 4.12. The molecule has 0 bridgehead atoms. The maximum absolute atomic E-state index is 13.2. The first-order valence-electron chi connectivity index (χ1n) is 10.2. The van der Waals surface area contributed by atoms with Crippen LogP contribution in [-0.2, 0) is 29.6 Å². The molecular formula is C21H28FNO5S. The first-order valence-corrected chi connectivity index (χ1v) is 12.0. The first kappa shape index (κ1) is 21.7. The molecule has 2 fully saturated rings. The van der Waals surface area contributed by atoms with Gasteiger partial charge < -0.3 is 9.64 Å². The summed E-state index contributed by atoms with van der Waals surface area (Å²) in [6.45, 7) is 2.05. The Hall–Kier alpha value is -1.96. The lowest BCUT2D eigenvalue weighted by molar-refractivity contribution is -0.160. The molecule has 2 aliphatic rings. The van der Waals surface area contributed by atoms with Gasteiger partial charge in [-0.15, -0.1) is 0 Å². The van der Waals surface area contributed by atoms with Gasteiger partial charge in [0.2, 0.25) is 0 Å². The summed E-state index contributed by atoms with van der Waals surface area (Å²) < 4.78 is 42.3. The summed E-state index contributed by atoms with van der Waals surface area (Å²) in [5, 5.41) is 0. The number of carbonyl (C=O) groups is 2. The van der Waals surface area contributed by atoms with Crippen molar-refractivity contribution in [1.82, 2.24) is 4.90 Å². The molecule has 1 heterocycles. The van der Waals surface area contributed by atoms with Crippen LogP contribution in [0.4, 0.5) is 4.39 Å². The van der Waals surface area contributed by atoms with Crippen molar-refractivity contribution in [1.29, 1.82) is 0 Å². The number of rotatable bonds is 8. The third-order valence-electron chi connectivity index (χ3n) is 6.04. The highest BCUT2D eigenvalue weighted by Gasteiger charge is 2.47.